The molecule has 0 aliphatic carbocycles. The number of halogens is 2. The number of carbonyl (C=O) groups excluding carboxylic acids is 1. The van der Waals surface area contributed by atoms with Crippen molar-refractivity contribution in [1.29, 1.82) is 0 Å². The number of ether oxygens (including phenoxy) is 3. The molecule has 9 nitrogen and oxygen atoms in total. The van der Waals surface area contributed by atoms with Crippen LogP contribution in [-0.4, -0.2) is 41.5 Å². The number of aromatic nitrogens is 3. The van der Waals surface area contributed by atoms with Crippen molar-refractivity contribution in [3.63, 3.8) is 0 Å². The molecule has 5 rings (SSSR count). The monoisotopic (exact) mass is 669 g/mol. The molecule has 2 heterocycles. The third kappa shape index (κ3) is 6.08. The Bertz CT molecular complexity index is 1660. The Balaban J connectivity index is 1.58. The number of benzene rings is 3. The second-order valence-corrected chi connectivity index (χ2v) is 11.4. The fourth-order valence-electron chi connectivity index (χ4n) is 4.70. The van der Waals surface area contributed by atoms with Crippen LogP contribution in [-0.2, 0) is 10.5 Å². The number of anilines is 2. The fraction of sp³-hybridized carbons (Fsp3) is 0.233. The molecule has 1 amide bonds. The Labute approximate surface area is 261 Å². The number of amides is 1. The van der Waals surface area contributed by atoms with Crippen molar-refractivity contribution in [2.75, 3.05) is 31.5 Å². The van der Waals surface area contributed by atoms with Gasteiger partial charge in [0.1, 0.15) is 11.8 Å². The highest BCUT2D eigenvalue weighted by molar-refractivity contribution is 9.10. The first-order valence-electron chi connectivity index (χ1n) is 13.1. The van der Waals surface area contributed by atoms with Crippen LogP contribution in [0.25, 0.3) is 0 Å². The van der Waals surface area contributed by atoms with E-state index in [-0.39, 0.29) is 5.91 Å². The number of nitrogens with zero attached hydrogens (tertiary/aromatic N) is 3. The molecule has 12 heteroatoms. The van der Waals surface area contributed by atoms with Crippen molar-refractivity contribution in [1.82, 2.24) is 14.8 Å². The molecule has 2 N–H and O–H groups in total. The minimum atomic E-state index is -0.639. The van der Waals surface area contributed by atoms with Gasteiger partial charge in [-0.2, -0.15) is 4.98 Å². The smallest absolute Gasteiger partial charge is 0.255 e. The molecule has 0 radical (unpaired) electrons. The summed E-state index contributed by atoms with van der Waals surface area (Å²) < 4.78 is 19.4. The number of carbonyl (C=O) groups is 1. The number of methoxy groups -OCH3 is 2. The van der Waals surface area contributed by atoms with Gasteiger partial charge in [-0.05, 0) is 71.2 Å². The lowest BCUT2D eigenvalue weighted by atomic mass is 9.94. The van der Waals surface area contributed by atoms with E-state index in [4.69, 9.17) is 35.9 Å². The highest BCUT2D eigenvalue weighted by Crippen LogP contribution is 2.43. The summed E-state index contributed by atoms with van der Waals surface area (Å²) >= 11 is 11.5. The van der Waals surface area contributed by atoms with Gasteiger partial charge in [-0.25, -0.2) is 4.68 Å². The molecule has 42 heavy (non-hydrogen) atoms. The van der Waals surface area contributed by atoms with Crippen molar-refractivity contribution in [2.45, 2.75) is 30.8 Å². The molecule has 1 aliphatic heterocycles. The first-order valence-corrected chi connectivity index (χ1v) is 15.2. The van der Waals surface area contributed by atoms with Gasteiger partial charge >= 0.3 is 0 Å². The molecule has 4 aromatic rings. The molecule has 3 aromatic carbocycles. The van der Waals surface area contributed by atoms with Gasteiger partial charge in [0.05, 0.1) is 36.6 Å². The minimum Gasteiger partial charge on any atom is -0.495 e. The predicted molar refractivity (Wildman–Crippen MR) is 169 cm³/mol. The van der Waals surface area contributed by atoms with Crippen LogP contribution in [0.4, 0.5) is 11.6 Å². The van der Waals surface area contributed by atoms with Gasteiger partial charge in [-0.3, -0.25) is 4.79 Å². The summed E-state index contributed by atoms with van der Waals surface area (Å²) in [5, 5.41) is 12.4. The van der Waals surface area contributed by atoms with Crippen molar-refractivity contribution < 1.29 is 19.0 Å². The summed E-state index contributed by atoms with van der Waals surface area (Å²) in [6, 6.07) is 18.1. The Morgan fingerprint density at radius 2 is 1.88 bits per heavy atom. The lowest BCUT2D eigenvalue weighted by Gasteiger charge is -2.29. The average Bonchev–Trinajstić information content (AvgIpc) is 3.38. The molecule has 218 valence electrons. The highest BCUT2D eigenvalue weighted by Gasteiger charge is 2.35. The van der Waals surface area contributed by atoms with E-state index < -0.39 is 6.04 Å². The summed E-state index contributed by atoms with van der Waals surface area (Å²) in [6.07, 6.45) is 0. The average molecular weight is 671 g/mol. The first-order chi connectivity index (χ1) is 20.3. The van der Waals surface area contributed by atoms with E-state index in [0.29, 0.717) is 67.2 Å². The number of rotatable bonds is 10. The van der Waals surface area contributed by atoms with Crippen LogP contribution in [0.1, 0.15) is 31.0 Å². The Morgan fingerprint density at radius 1 is 1.12 bits per heavy atom. The van der Waals surface area contributed by atoms with E-state index in [2.05, 4.69) is 26.6 Å². The largest absolute Gasteiger partial charge is 0.495 e. The number of hydrogen-bond acceptors (Lipinski definition) is 8. The summed E-state index contributed by atoms with van der Waals surface area (Å²) in [6.45, 7) is 4.19. The summed E-state index contributed by atoms with van der Waals surface area (Å²) in [5.74, 6) is 2.44. The maximum Gasteiger partial charge on any atom is 0.255 e. The molecule has 0 saturated heterocycles. The van der Waals surface area contributed by atoms with Crippen LogP contribution < -0.4 is 24.8 Å². The van der Waals surface area contributed by atoms with Crippen LogP contribution in [0, 0.1) is 0 Å². The van der Waals surface area contributed by atoms with Gasteiger partial charge < -0.3 is 24.8 Å². The van der Waals surface area contributed by atoms with E-state index >= 15 is 0 Å². The maximum atomic E-state index is 14.0. The van der Waals surface area contributed by atoms with Crippen LogP contribution in [0.15, 0.2) is 81.6 Å². The quantitative estimate of drug-likeness (QED) is 0.169. The van der Waals surface area contributed by atoms with Crippen molar-refractivity contribution in [2.24, 2.45) is 0 Å². The summed E-state index contributed by atoms with van der Waals surface area (Å²) in [5.41, 5.74) is 3.38. The second kappa shape index (κ2) is 13.1. The normalized spacial score (nSPS) is 14.2. The molecule has 0 fully saturated rings. The lowest BCUT2D eigenvalue weighted by molar-refractivity contribution is -0.113. The Morgan fingerprint density at radius 3 is 2.62 bits per heavy atom. The number of fused-ring (bicyclic) bond motifs is 1. The SMILES string of the molecule is CCOc1cc(C2C(C(=O)Nc3ccccc3OC)=C(C)Nc3nc(SCc4ccccc4Cl)nn32)cc(Br)c1OC. The van der Waals surface area contributed by atoms with E-state index in [1.54, 1.807) is 31.0 Å². The van der Waals surface area contributed by atoms with Crippen LogP contribution in [0.5, 0.6) is 17.2 Å². The molecule has 1 aromatic heterocycles. The zero-order valence-electron chi connectivity index (χ0n) is 23.4. The Hall–Kier alpha value is -3.67. The lowest BCUT2D eigenvalue weighted by Crippen LogP contribution is -2.31. The van der Waals surface area contributed by atoms with Crippen LogP contribution in [0.2, 0.25) is 5.02 Å². The highest BCUT2D eigenvalue weighted by atomic mass is 79.9. The minimum absolute atomic E-state index is 0.314. The molecule has 1 atom stereocenters. The fourth-order valence-corrected chi connectivity index (χ4v) is 6.43. The molecule has 0 bridgehead atoms. The standard InChI is InChI=1S/C30H29BrClN5O4S/c1-5-41-24-15-19(14-20(31)27(24)40-4)26-25(28(38)34-22-12-8-9-13-23(22)39-3)17(2)33-29-35-30(36-37(26)29)42-16-18-10-6-7-11-21(18)32/h6-15,26H,5,16H2,1-4H3,(H,34,38)(H,33,35,36). The van der Waals surface area contributed by atoms with Gasteiger partial charge in [0.25, 0.3) is 5.91 Å². The van der Waals surface area contributed by atoms with Crippen LogP contribution in [0.3, 0.4) is 0 Å². The molecule has 0 spiro atoms. The molecule has 0 saturated carbocycles. The van der Waals surface area contributed by atoms with E-state index in [9.17, 15) is 4.79 Å². The molecular formula is C30H29BrClN5O4S. The second-order valence-electron chi connectivity index (χ2n) is 9.23. The predicted octanol–water partition coefficient (Wildman–Crippen LogP) is 7.33. The number of allylic oxidation sites excluding steroid dienone is 1. The summed E-state index contributed by atoms with van der Waals surface area (Å²) in [7, 11) is 3.15. The maximum absolute atomic E-state index is 14.0. The zero-order chi connectivity index (χ0) is 29.8. The first kappa shape index (κ1) is 29.8. The van der Waals surface area contributed by atoms with Gasteiger partial charge in [0, 0.05) is 16.5 Å². The molecule has 1 aliphatic rings. The summed E-state index contributed by atoms with van der Waals surface area (Å²) in [4.78, 5) is 18.7. The van der Waals surface area contributed by atoms with Gasteiger partial charge in [-0.1, -0.05) is 53.7 Å². The number of nitrogens with one attached hydrogen (secondary N) is 2. The Kier molecular flexibility index (Phi) is 9.30. The number of hydrogen-bond donors (Lipinski definition) is 2. The van der Waals surface area contributed by atoms with Crippen LogP contribution >= 0.6 is 39.3 Å². The third-order valence-electron chi connectivity index (χ3n) is 6.60. The van der Waals surface area contributed by atoms with Gasteiger partial charge in [0.15, 0.2) is 11.5 Å². The number of para-hydroxylation sites is 2. The van der Waals surface area contributed by atoms with Crippen molar-refractivity contribution in [3.8, 4) is 17.2 Å². The van der Waals surface area contributed by atoms with Crippen molar-refractivity contribution in [3.05, 3.63) is 92.6 Å². The van der Waals surface area contributed by atoms with E-state index in [1.165, 1.54) is 11.8 Å². The third-order valence-corrected chi connectivity index (χ3v) is 8.44. The zero-order valence-corrected chi connectivity index (χ0v) is 26.6. The van der Waals surface area contributed by atoms with Gasteiger partial charge in [0.2, 0.25) is 11.1 Å². The molecule has 1 unspecified atom stereocenters. The topological polar surface area (TPSA) is 99.5 Å². The van der Waals surface area contributed by atoms with E-state index in [0.717, 1.165) is 11.1 Å². The number of thioether (sulfide) groups is 1. The van der Waals surface area contributed by atoms with Gasteiger partial charge in [-0.15, -0.1) is 5.10 Å². The van der Waals surface area contributed by atoms with E-state index in [1.807, 2.05) is 62.4 Å². The van der Waals surface area contributed by atoms with Crippen molar-refractivity contribution >= 4 is 56.8 Å². The molecular weight excluding hydrogens is 642 g/mol.